The van der Waals surface area contributed by atoms with Crippen molar-refractivity contribution in [3.05, 3.63) is 58.6 Å². The molecule has 1 saturated carbocycles. The van der Waals surface area contributed by atoms with Crippen molar-refractivity contribution in [3.63, 3.8) is 0 Å². The van der Waals surface area contributed by atoms with Crippen LogP contribution in [0.25, 0.3) is 0 Å². The monoisotopic (exact) mass is 479 g/mol. The maximum atomic E-state index is 12.6. The third kappa shape index (κ3) is 6.04. The van der Waals surface area contributed by atoms with Crippen LogP contribution in [0.1, 0.15) is 36.5 Å². The molecular weight excluding hydrogens is 454 g/mol. The molecule has 0 aliphatic heterocycles. The number of carbonyl (C=O) groups excluding carboxylic acids is 1. The van der Waals surface area contributed by atoms with E-state index in [2.05, 4.69) is 49.9 Å². The summed E-state index contributed by atoms with van der Waals surface area (Å²) in [7, 11) is -3.60. The zero-order chi connectivity index (χ0) is 20.9. The first-order chi connectivity index (χ1) is 13.9. The Kier molecular flexibility index (Phi) is 7.32. The van der Waals surface area contributed by atoms with Gasteiger partial charge in [0.05, 0.1) is 10.5 Å². The van der Waals surface area contributed by atoms with Gasteiger partial charge in [0, 0.05) is 35.8 Å². The van der Waals surface area contributed by atoms with Gasteiger partial charge in [0.15, 0.2) is 0 Å². The third-order valence-electron chi connectivity index (χ3n) is 4.79. The van der Waals surface area contributed by atoms with Gasteiger partial charge in [-0.1, -0.05) is 18.2 Å². The Balaban J connectivity index is 1.57. The van der Waals surface area contributed by atoms with Gasteiger partial charge in [0.25, 0.3) is 5.91 Å². The van der Waals surface area contributed by atoms with Crippen LogP contribution >= 0.6 is 15.9 Å². The Morgan fingerprint density at radius 2 is 1.90 bits per heavy atom. The molecule has 3 rings (SSSR count). The average molecular weight is 480 g/mol. The van der Waals surface area contributed by atoms with Crippen LogP contribution in [0.5, 0.6) is 0 Å². The Hall–Kier alpha value is -1.90. The van der Waals surface area contributed by atoms with E-state index < -0.39 is 10.0 Å². The molecule has 2 aromatic carbocycles. The zero-order valence-corrected chi connectivity index (χ0v) is 18.8. The SMILES string of the molecule is CCN(CCCNC(=O)c1cc(S(=O)(=O)NC2CC2)ccc1Br)c1ccccc1. The third-order valence-corrected chi connectivity index (χ3v) is 7.00. The number of hydrogen-bond acceptors (Lipinski definition) is 4. The summed E-state index contributed by atoms with van der Waals surface area (Å²) in [5.74, 6) is -0.289. The standard InChI is InChI=1S/C21H26BrN3O3S/c1-2-25(17-7-4-3-5-8-17)14-6-13-23-21(26)19-15-18(11-12-20(19)22)29(27,28)24-16-9-10-16/h3-5,7-8,11-12,15-16,24H,2,6,9-10,13-14H2,1H3,(H,23,26). The van der Waals surface area contributed by atoms with E-state index in [1.807, 2.05) is 18.2 Å². The van der Waals surface area contributed by atoms with E-state index in [1.165, 1.54) is 12.1 Å². The van der Waals surface area contributed by atoms with Crippen molar-refractivity contribution in [1.29, 1.82) is 0 Å². The molecule has 6 nitrogen and oxygen atoms in total. The first-order valence-corrected chi connectivity index (χ1v) is 12.1. The van der Waals surface area contributed by atoms with Crippen molar-refractivity contribution in [1.82, 2.24) is 10.0 Å². The van der Waals surface area contributed by atoms with Gasteiger partial charge in [-0.05, 0) is 72.4 Å². The molecule has 0 atom stereocenters. The maximum Gasteiger partial charge on any atom is 0.252 e. The van der Waals surface area contributed by atoms with Crippen molar-refractivity contribution < 1.29 is 13.2 Å². The van der Waals surface area contributed by atoms with Crippen LogP contribution in [0.15, 0.2) is 57.9 Å². The molecule has 0 radical (unpaired) electrons. The van der Waals surface area contributed by atoms with E-state index in [9.17, 15) is 13.2 Å². The van der Waals surface area contributed by atoms with Gasteiger partial charge in [-0.15, -0.1) is 0 Å². The molecule has 156 valence electrons. The molecule has 0 bridgehead atoms. The summed E-state index contributed by atoms with van der Waals surface area (Å²) in [4.78, 5) is 15.0. The highest BCUT2D eigenvalue weighted by Gasteiger charge is 2.28. The Labute approximate surface area is 180 Å². The predicted octanol–water partition coefficient (Wildman–Crippen LogP) is 3.54. The normalized spacial score (nSPS) is 13.9. The molecule has 0 saturated heterocycles. The highest BCUT2D eigenvalue weighted by molar-refractivity contribution is 9.10. The fourth-order valence-corrected chi connectivity index (χ4v) is 4.77. The van der Waals surface area contributed by atoms with Crippen LogP contribution in [0.4, 0.5) is 5.69 Å². The predicted molar refractivity (Wildman–Crippen MR) is 119 cm³/mol. The largest absolute Gasteiger partial charge is 0.372 e. The number of nitrogens with one attached hydrogen (secondary N) is 2. The van der Waals surface area contributed by atoms with E-state index in [-0.39, 0.29) is 16.8 Å². The second kappa shape index (κ2) is 9.73. The molecule has 2 N–H and O–H groups in total. The summed E-state index contributed by atoms with van der Waals surface area (Å²) in [6.45, 7) is 4.31. The van der Waals surface area contributed by atoms with Crippen molar-refractivity contribution in [3.8, 4) is 0 Å². The summed E-state index contributed by atoms with van der Waals surface area (Å²) in [5.41, 5.74) is 1.48. The van der Waals surface area contributed by atoms with E-state index in [0.29, 0.717) is 16.6 Å². The fourth-order valence-electron chi connectivity index (χ4n) is 3.01. The van der Waals surface area contributed by atoms with Crippen LogP contribution < -0.4 is 14.9 Å². The molecule has 0 unspecified atom stereocenters. The van der Waals surface area contributed by atoms with Gasteiger partial charge >= 0.3 is 0 Å². The van der Waals surface area contributed by atoms with E-state index in [4.69, 9.17) is 0 Å². The number of sulfonamides is 1. The minimum atomic E-state index is -3.60. The van der Waals surface area contributed by atoms with Crippen molar-refractivity contribution in [2.75, 3.05) is 24.5 Å². The molecule has 2 aromatic rings. The first kappa shape index (κ1) is 21.8. The number of benzene rings is 2. The lowest BCUT2D eigenvalue weighted by molar-refractivity contribution is 0.0952. The minimum absolute atomic E-state index is 0.0204. The molecule has 1 aliphatic carbocycles. The number of amides is 1. The molecule has 1 fully saturated rings. The Morgan fingerprint density at radius 3 is 2.55 bits per heavy atom. The smallest absolute Gasteiger partial charge is 0.252 e. The summed E-state index contributed by atoms with van der Waals surface area (Å²) < 4.78 is 28.0. The second-order valence-corrected chi connectivity index (χ2v) is 9.63. The van der Waals surface area contributed by atoms with Gasteiger partial charge in [-0.2, -0.15) is 0 Å². The second-order valence-electron chi connectivity index (χ2n) is 7.06. The molecule has 0 heterocycles. The molecule has 1 amide bonds. The van der Waals surface area contributed by atoms with Crippen molar-refractivity contribution in [2.45, 2.75) is 37.1 Å². The number of anilines is 1. The molecule has 29 heavy (non-hydrogen) atoms. The molecule has 1 aliphatic rings. The summed E-state index contributed by atoms with van der Waals surface area (Å²) in [5, 5.41) is 2.89. The van der Waals surface area contributed by atoms with E-state index >= 15 is 0 Å². The number of hydrogen-bond donors (Lipinski definition) is 2. The van der Waals surface area contributed by atoms with E-state index in [1.54, 1.807) is 6.07 Å². The number of carbonyl (C=O) groups is 1. The number of halogens is 1. The van der Waals surface area contributed by atoms with Gasteiger partial charge in [-0.25, -0.2) is 13.1 Å². The zero-order valence-electron chi connectivity index (χ0n) is 16.4. The van der Waals surface area contributed by atoms with Gasteiger partial charge in [0.2, 0.25) is 10.0 Å². The summed E-state index contributed by atoms with van der Waals surface area (Å²) >= 11 is 3.35. The Bertz CT molecular complexity index is 947. The molecule has 8 heteroatoms. The van der Waals surface area contributed by atoms with Crippen LogP contribution in [0.2, 0.25) is 0 Å². The number of rotatable bonds is 10. The van der Waals surface area contributed by atoms with Crippen LogP contribution in [-0.4, -0.2) is 40.0 Å². The van der Waals surface area contributed by atoms with Crippen molar-refractivity contribution >= 4 is 37.5 Å². The lowest BCUT2D eigenvalue weighted by Crippen LogP contribution is -2.30. The van der Waals surface area contributed by atoms with Gasteiger partial charge < -0.3 is 10.2 Å². The lowest BCUT2D eigenvalue weighted by atomic mass is 10.2. The first-order valence-electron chi connectivity index (χ1n) is 9.81. The average Bonchev–Trinajstić information content (AvgIpc) is 3.52. The van der Waals surface area contributed by atoms with Crippen LogP contribution in [0.3, 0.4) is 0 Å². The van der Waals surface area contributed by atoms with Gasteiger partial charge in [0.1, 0.15) is 0 Å². The Morgan fingerprint density at radius 1 is 1.17 bits per heavy atom. The molecular formula is C21H26BrN3O3S. The van der Waals surface area contributed by atoms with Gasteiger partial charge in [-0.3, -0.25) is 4.79 Å². The highest BCUT2D eigenvalue weighted by Crippen LogP contribution is 2.25. The maximum absolute atomic E-state index is 12.6. The number of para-hydroxylation sites is 1. The summed E-state index contributed by atoms with van der Waals surface area (Å²) in [6, 6.07) is 14.7. The lowest BCUT2D eigenvalue weighted by Gasteiger charge is -2.23. The minimum Gasteiger partial charge on any atom is -0.372 e. The number of nitrogens with zero attached hydrogens (tertiary/aromatic N) is 1. The van der Waals surface area contributed by atoms with E-state index in [0.717, 1.165) is 38.0 Å². The van der Waals surface area contributed by atoms with Crippen molar-refractivity contribution in [2.24, 2.45) is 0 Å². The van der Waals surface area contributed by atoms with Crippen LogP contribution in [0, 0.1) is 0 Å². The topological polar surface area (TPSA) is 78.5 Å². The fraction of sp³-hybridized carbons (Fsp3) is 0.381. The van der Waals surface area contributed by atoms with Crippen LogP contribution in [-0.2, 0) is 10.0 Å². The molecule has 0 spiro atoms. The summed E-state index contributed by atoms with van der Waals surface area (Å²) in [6.07, 6.45) is 2.51. The molecule has 0 aromatic heterocycles. The quantitative estimate of drug-likeness (QED) is 0.510. The highest BCUT2D eigenvalue weighted by atomic mass is 79.9.